The lowest BCUT2D eigenvalue weighted by Gasteiger charge is -2.38. The Morgan fingerprint density at radius 3 is 2.67 bits per heavy atom. The molecule has 0 aliphatic carbocycles. The highest BCUT2D eigenvalue weighted by atomic mass is 16.7. The Morgan fingerprint density at radius 1 is 1.50 bits per heavy atom. The largest absolute Gasteiger partial charge is 0.444 e. The van der Waals surface area contributed by atoms with Gasteiger partial charge in [0.1, 0.15) is 5.60 Å². The average Bonchev–Trinajstić information content (AvgIpc) is 2.27. The van der Waals surface area contributed by atoms with Crippen LogP contribution in [0.3, 0.4) is 0 Å². The Morgan fingerprint density at radius 2 is 2.17 bits per heavy atom. The van der Waals surface area contributed by atoms with E-state index < -0.39 is 18.0 Å². The number of aliphatic hydroxyl groups is 1. The van der Waals surface area contributed by atoms with Gasteiger partial charge in [-0.25, -0.2) is 4.79 Å². The summed E-state index contributed by atoms with van der Waals surface area (Å²) >= 11 is 0. The molecule has 0 spiro atoms. The lowest BCUT2D eigenvalue weighted by atomic mass is 10.2. The molecular weight excluding hydrogens is 238 g/mol. The minimum Gasteiger partial charge on any atom is -0.444 e. The SMILES string of the molecule is CCO[C@@H]1CN(C(=O)OC(C)(C)C)C(CO)CO1. The van der Waals surface area contributed by atoms with Gasteiger partial charge >= 0.3 is 6.09 Å². The molecule has 0 radical (unpaired) electrons. The number of amides is 1. The van der Waals surface area contributed by atoms with Crippen molar-refractivity contribution in [2.45, 2.75) is 45.6 Å². The van der Waals surface area contributed by atoms with Gasteiger partial charge in [-0.05, 0) is 27.7 Å². The van der Waals surface area contributed by atoms with Crippen molar-refractivity contribution in [3.8, 4) is 0 Å². The van der Waals surface area contributed by atoms with Crippen LogP contribution in [0.4, 0.5) is 4.79 Å². The Hall–Kier alpha value is -0.850. The number of carbonyl (C=O) groups is 1. The van der Waals surface area contributed by atoms with Gasteiger partial charge in [-0.2, -0.15) is 0 Å². The van der Waals surface area contributed by atoms with E-state index in [4.69, 9.17) is 14.2 Å². The zero-order valence-corrected chi connectivity index (χ0v) is 11.5. The molecule has 1 heterocycles. The van der Waals surface area contributed by atoms with Gasteiger partial charge in [0, 0.05) is 6.61 Å². The molecule has 0 aromatic carbocycles. The first kappa shape index (κ1) is 15.2. The Labute approximate surface area is 108 Å². The number of carbonyl (C=O) groups excluding carboxylic acids is 1. The first-order valence-electron chi connectivity index (χ1n) is 6.21. The third-order valence-electron chi connectivity index (χ3n) is 2.45. The fraction of sp³-hybridized carbons (Fsp3) is 0.917. The Kier molecular flexibility index (Phi) is 5.37. The van der Waals surface area contributed by atoms with Crippen LogP contribution in [-0.2, 0) is 14.2 Å². The molecule has 1 fully saturated rings. The monoisotopic (exact) mass is 261 g/mol. The van der Waals surface area contributed by atoms with E-state index in [-0.39, 0.29) is 25.8 Å². The zero-order chi connectivity index (χ0) is 13.8. The second-order valence-corrected chi connectivity index (χ2v) is 5.19. The van der Waals surface area contributed by atoms with Crippen molar-refractivity contribution in [1.82, 2.24) is 4.90 Å². The van der Waals surface area contributed by atoms with Crippen LogP contribution in [0, 0.1) is 0 Å². The van der Waals surface area contributed by atoms with Crippen LogP contribution in [0.25, 0.3) is 0 Å². The van der Waals surface area contributed by atoms with E-state index in [1.165, 1.54) is 4.90 Å². The highest BCUT2D eigenvalue weighted by Crippen LogP contribution is 2.17. The molecule has 1 aliphatic heterocycles. The van der Waals surface area contributed by atoms with Crippen molar-refractivity contribution in [2.24, 2.45) is 0 Å². The minimum absolute atomic E-state index is 0.155. The quantitative estimate of drug-likeness (QED) is 0.820. The van der Waals surface area contributed by atoms with Crippen LogP contribution in [0.1, 0.15) is 27.7 Å². The molecule has 0 aromatic heterocycles. The molecule has 18 heavy (non-hydrogen) atoms. The van der Waals surface area contributed by atoms with E-state index in [9.17, 15) is 9.90 Å². The van der Waals surface area contributed by atoms with Gasteiger partial charge < -0.3 is 19.3 Å². The normalized spacial score (nSPS) is 25.1. The average molecular weight is 261 g/mol. The van der Waals surface area contributed by atoms with Crippen molar-refractivity contribution in [3.05, 3.63) is 0 Å². The van der Waals surface area contributed by atoms with Crippen LogP contribution < -0.4 is 0 Å². The minimum atomic E-state index is -0.559. The van der Waals surface area contributed by atoms with Gasteiger partial charge in [0.2, 0.25) is 0 Å². The van der Waals surface area contributed by atoms with Gasteiger partial charge in [0.25, 0.3) is 0 Å². The maximum Gasteiger partial charge on any atom is 0.410 e. The molecule has 1 saturated heterocycles. The first-order valence-corrected chi connectivity index (χ1v) is 6.21. The summed E-state index contributed by atoms with van der Waals surface area (Å²) in [5, 5.41) is 9.25. The van der Waals surface area contributed by atoms with Gasteiger partial charge in [-0.1, -0.05) is 0 Å². The highest BCUT2D eigenvalue weighted by molar-refractivity contribution is 5.68. The van der Waals surface area contributed by atoms with Gasteiger partial charge in [-0.3, -0.25) is 4.90 Å². The van der Waals surface area contributed by atoms with Crippen LogP contribution in [0.2, 0.25) is 0 Å². The second kappa shape index (κ2) is 6.36. The molecule has 1 aliphatic rings. The lowest BCUT2D eigenvalue weighted by Crippen LogP contribution is -2.55. The third kappa shape index (κ3) is 4.44. The highest BCUT2D eigenvalue weighted by Gasteiger charge is 2.34. The standard InChI is InChI=1S/C12H23NO5/c1-5-16-10-6-13(9(7-14)8-17-10)11(15)18-12(2,3)4/h9-10,14H,5-8H2,1-4H3/t9?,10-/m0/s1. The Bertz CT molecular complexity index is 276. The number of ether oxygens (including phenoxy) is 3. The predicted molar refractivity (Wildman–Crippen MR) is 65.2 cm³/mol. The van der Waals surface area contributed by atoms with Gasteiger partial charge in [0.05, 0.1) is 25.8 Å². The molecule has 0 saturated carbocycles. The van der Waals surface area contributed by atoms with E-state index in [2.05, 4.69) is 0 Å². The molecule has 1 amide bonds. The molecule has 1 unspecified atom stereocenters. The lowest BCUT2D eigenvalue weighted by molar-refractivity contribution is -0.192. The Balaban J connectivity index is 2.64. The molecular formula is C12H23NO5. The summed E-state index contributed by atoms with van der Waals surface area (Å²) < 4.78 is 16.0. The molecule has 6 nitrogen and oxygen atoms in total. The van der Waals surface area contributed by atoms with Crippen molar-refractivity contribution in [2.75, 3.05) is 26.4 Å². The topological polar surface area (TPSA) is 68.2 Å². The van der Waals surface area contributed by atoms with Gasteiger partial charge in [-0.15, -0.1) is 0 Å². The number of nitrogens with zero attached hydrogens (tertiary/aromatic N) is 1. The molecule has 106 valence electrons. The smallest absolute Gasteiger partial charge is 0.410 e. The van der Waals surface area contributed by atoms with Crippen LogP contribution in [-0.4, -0.2) is 60.4 Å². The molecule has 1 N–H and O–H groups in total. The number of morpholine rings is 1. The summed E-state index contributed by atoms with van der Waals surface area (Å²) in [6.07, 6.45) is -0.903. The molecule has 2 atom stereocenters. The molecule has 0 aromatic rings. The summed E-state index contributed by atoms with van der Waals surface area (Å²) in [5.41, 5.74) is -0.559. The van der Waals surface area contributed by atoms with E-state index in [0.29, 0.717) is 6.61 Å². The van der Waals surface area contributed by atoms with Crippen LogP contribution in [0.15, 0.2) is 0 Å². The summed E-state index contributed by atoms with van der Waals surface area (Å²) in [4.78, 5) is 13.5. The van der Waals surface area contributed by atoms with Gasteiger partial charge in [0.15, 0.2) is 6.29 Å². The molecule has 6 heteroatoms. The first-order chi connectivity index (χ1) is 8.37. The fourth-order valence-electron chi connectivity index (χ4n) is 1.65. The van der Waals surface area contributed by atoms with Crippen LogP contribution in [0.5, 0.6) is 0 Å². The van der Waals surface area contributed by atoms with E-state index in [1.807, 2.05) is 6.92 Å². The summed E-state index contributed by atoms with van der Waals surface area (Å²) in [6.45, 7) is 8.15. The van der Waals surface area contributed by atoms with Crippen LogP contribution >= 0.6 is 0 Å². The van der Waals surface area contributed by atoms with E-state index >= 15 is 0 Å². The summed E-state index contributed by atoms with van der Waals surface area (Å²) in [5.74, 6) is 0. The third-order valence-corrected chi connectivity index (χ3v) is 2.45. The maximum absolute atomic E-state index is 12.0. The summed E-state index contributed by atoms with van der Waals surface area (Å²) in [6, 6.07) is -0.378. The van der Waals surface area contributed by atoms with E-state index in [0.717, 1.165) is 0 Å². The van der Waals surface area contributed by atoms with Crippen molar-refractivity contribution >= 4 is 6.09 Å². The summed E-state index contributed by atoms with van der Waals surface area (Å²) in [7, 11) is 0. The molecule has 1 rings (SSSR count). The zero-order valence-electron chi connectivity index (χ0n) is 11.5. The number of hydrogen-bond acceptors (Lipinski definition) is 5. The second-order valence-electron chi connectivity index (χ2n) is 5.19. The number of hydrogen-bond donors (Lipinski definition) is 1. The van der Waals surface area contributed by atoms with Crippen molar-refractivity contribution < 1.29 is 24.1 Å². The predicted octanol–water partition coefficient (Wildman–Crippen LogP) is 0.977. The van der Waals surface area contributed by atoms with E-state index in [1.54, 1.807) is 20.8 Å². The van der Waals surface area contributed by atoms with Crippen molar-refractivity contribution in [3.63, 3.8) is 0 Å². The van der Waals surface area contributed by atoms with Crippen molar-refractivity contribution in [1.29, 1.82) is 0 Å². The maximum atomic E-state index is 12.0. The number of aliphatic hydroxyl groups excluding tert-OH is 1. The fourth-order valence-corrected chi connectivity index (χ4v) is 1.65. The molecule has 0 bridgehead atoms. The number of rotatable bonds is 3.